The summed E-state index contributed by atoms with van der Waals surface area (Å²) in [4.78, 5) is 0. The van der Waals surface area contributed by atoms with Crippen molar-refractivity contribution in [1.82, 2.24) is 5.32 Å². The van der Waals surface area contributed by atoms with Gasteiger partial charge in [0.25, 0.3) is 0 Å². The van der Waals surface area contributed by atoms with Gasteiger partial charge in [0.05, 0.1) is 13.2 Å². The summed E-state index contributed by atoms with van der Waals surface area (Å²) < 4.78 is 5.29. The van der Waals surface area contributed by atoms with Crippen molar-refractivity contribution in [3.05, 3.63) is 35.9 Å². The van der Waals surface area contributed by atoms with Crippen molar-refractivity contribution < 1.29 is 4.74 Å². The highest BCUT2D eigenvalue weighted by Crippen LogP contribution is 2.26. The lowest BCUT2D eigenvalue weighted by molar-refractivity contribution is -0.101. The van der Waals surface area contributed by atoms with Crippen molar-refractivity contribution in [1.29, 1.82) is 0 Å². The van der Waals surface area contributed by atoms with Crippen LogP contribution >= 0.6 is 0 Å². The van der Waals surface area contributed by atoms with Crippen LogP contribution in [0.5, 0.6) is 0 Å². The molecule has 1 aliphatic heterocycles. The molecule has 1 N–H and O–H groups in total. The number of ether oxygens (including phenoxy) is 1. The van der Waals surface area contributed by atoms with Crippen molar-refractivity contribution in [3.8, 4) is 0 Å². The van der Waals surface area contributed by atoms with E-state index in [2.05, 4.69) is 56.4 Å². The molecule has 0 atom stereocenters. The Hall–Kier alpha value is -0.860. The van der Waals surface area contributed by atoms with E-state index in [1.54, 1.807) is 0 Å². The molecule has 0 saturated carbocycles. The number of rotatable bonds is 6. The molecule has 18 heavy (non-hydrogen) atoms. The number of nitrogens with one attached hydrogen (secondary N) is 1. The minimum absolute atomic E-state index is 0.189. The predicted octanol–water partition coefficient (Wildman–Crippen LogP) is 3.02. The largest absolute Gasteiger partial charge is 0.380 e. The SMILES string of the molecule is CC1(CNC(C)(C)CCc2ccccc2)COC1. The first-order valence-electron chi connectivity index (χ1n) is 6.86. The second kappa shape index (κ2) is 5.41. The molecule has 2 rings (SSSR count). The Kier molecular flexibility index (Phi) is 4.08. The Bertz CT molecular complexity index is 368. The van der Waals surface area contributed by atoms with E-state index in [1.807, 2.05) is 0 Å². The van der Waals surface area contributed by atoms with Crippen molar-refractivity contribution in [2.45, 2.75) is 39.2 Å². The fourth-order valence-electron chi connectivity index (χ4n) is 2.20. The van der Waals surface area contributed by atoms with Crippen LogP contribution in [0.3, 0.4) is 0 Å². The van der Waals surface area contributed by atoms with Crippen LogP contribution in [0.2, 0.25) is 0 Å². The van der Waals surface area contributed by atoms with Gasteiger partial charge in [0, 0.05) is 17.5 Å². The number of hydrogen-bond donors (Lipinski definition) is 1. The first-order chi connectivity index (χ1) is 8.49. The number of benzene rings is 1. The fourth-order valence-corrected chi connectivity index (χ4v) is 2.20. The topological polar surface area (TPSA) is 21.3 Å². The van der Waals surface area contributed by atoms with E-state index < -0.39 is 0 Å². The number of aryl methyl sites for hydroxylation is 1. The van der Waals surface area contributed by atoms with Crippen molar-refractivity contribution in [3.63, 3.8) is 0 Å². The molecule has 1 fully saturated rings. The molecule has 0 radical (unpaired) electrons. The van der Waals surface area contributed by atoms with E-state index in [4.69, 9.17) is 4.74 Å². The lowest BCUT2D eigenvalue weighted by atomic mass is 9.86. The van der Waals surface area contributed by atoms with Crippen molar-refractivity contribution in [2.75, 3.05) is 19.8 Å². The quantitative estimate of drug-likeness (QED) is 0.834. The summed E-state index contributed by atoms with van der Waals surface area (Å²) in [6.45, 7) is 9.72. The van der Waals surface area contributed by atoms with Gasteiger partial charge in [-0.2, -0.15) is 0 Å². The lowest BCUT2D eigenvalue weighted by Crippen LogP contribution is -2.52. The summed E-state index contributed by atoms with van der Waals surface area (Å²) in [5, 5.41) is 3.69. The van der Waals surface area contributed by atoms with Crippen molar-refractivity contribution >= 4 is 0 Å². The maximum absolute atomic E-state index is 5.29. The summed E-state index contributed by atoms with van der Waals surface area (Å²) >= 11 is 0. The van der Waals surface area contributed by atoms with Gasteiger partial charge in [-0.3, -0.25) is 0 Å². The predicted molar refractivity (Wildman–Crippen MR) is 75.8 cm³/mol. The van der Waals surface area contributed by atoms with Gasteiger partial charge in [-0.1, -0.05) is 37.3 Å². The molecule has 100 valence electrons. The highest BCUT2D eigenvalue weighted by atomic mass is 16.5. The number of hydrogen-bond acceptors (Lipinski definition) is 2. The van der Waals surface area contributed by atoms with Crippen LogP contribution in [0.25, 0.3) is 0 Å². The maximum Gasteiger partial charge on any atom is 0.0554 e. The lowest BCUT2D eigenvalue weighted by Gasteiger charge is -2.41. The molecule has 1 aromatic carbocycles. The molecule has 0 unspecified atom stereocenters. The highest BCUT2D eigenvalue weighted by Gasteiger charge is 2.34. The Morgan fingerprint density at radius 1 is 1.22 bits per heavy atom. The molecule has 0 aliphatic carbocycles. The molecule has 1 heterocycles. The van der Waals surface area contributed by atoms with Gasteiger partial charge in [-0.05, 0) is 32.3 Å². The zero-order valence-electron chi connectivity index (χ0n) is 11.8. The van der Waals surface area contributed by atoms with Gasteiger partial charge >= 0.3 is 0 Å². The van der Waals surface area contributed by atoms with Gasteiger partial charge < -0.3 is 10.1 Å². The summed E-state index contributed by atoms with van der Waals surface area (Å²) in [7, 11) is 0. The van der Waals surface area contributed by atoms with E-state index in [1.165, 1.54) is 5.56 Å². The third kappa shape index (κ3) is 3.82. The summed E-state index contributed by atoms with van der Waals surface area (Å²) in [6, 6.07) is 10.7. The monoisotopic (exact) mass is 247 g/mol. The Labute approximate surface area is 111 Å². The molecule has 1 aromatic rings. The van der Waals surface area contributed by atoms with Crippen LogP contribution < -0.4 is 5.32 Å². The Morgan fingerprint density at radius 2 is 1.89 bits per heavy atom. The van der Waals surface area contributed by atoms with E-state index in [9.17, 15) is 0 Å². The zero-order chi connectivity index (χ0) is 13.1. The Balaban J connectivity index is 1.76. The zero-order valence-corrected chi connectivity index (χ0v) is 11.8. The maximum atomic E-state index is 5.29. The Morgan fingerprint density at radius 3 is 2.44 bits per heavy atom. The summed E-state index contributed by atoms with van der Waals surface area (Å²) in [6.07, 6.45) is 2.29. The van der Waals surface area contributed by atoms with Crippen LogP contribution in [-0.4, -0.2) is 25.3 Å². The van der Waals surface area contributed by atoms with E-state index >= 15 is 0 Å². The van der Waals surface area contributed by atoms with Crippen LogP contribution in [0, 0.1) is 5.41 Å². The van der Waals surface area contributed by atoms with Crippen LogP contribution in [0.15, 0.2) is 30.3 Å². The first kappa shape index (κ1) is 13.6. The standard InChI is InChI=1S/C16H25NO/c1-15(2,17-11-16(3)12-18-13-16)10-9-14-7-5-4-6-8-14/h4-8,17H,9-13H2,1-3H3. The normalized spacial score (nSPS) is 18.4. The molecule has 0 bridgehead atoms. The summed E-state index contributed by atoms with van der Waals surface area (Å²) in [5.74, 6) is 0. The molecule has 0 aromatic heterocycles. The van der Waals surface area contributed by atoms with Gasteiger partial charge in [-0.25, -0.2) is 0 Å². The van der Waals surface area contributed by atoms with Crippen LogP contribution in [0.4, 0.5) is 0 Å². The van der Waals surface area contributed by atoms with E-state index in [0.717, 1.165) is 32.6 Å². The highest BCUT2D eigenvalue weighted by molar-refractivity contribution is 5.15. The van der Waals surface area contributed by atoms with Gasteiger partial charge in [0.15, 0.2) is 0 Å². The fraction of sp³-hybridized carbons (Fsp3) is 0.625. The smallest absolute Gasteiger partial charge is 0.0554 e. The third-order valence-electron chi connectivity index (χ3n) is 3.78. The van der Waals surface area contributed by atoms with Gasteiger partial charge in [-0.15, -0.1) is 0 Å². The van der Waals surface area contributed by atoms with Crippen molar-refractivity contribution in [2.24, 2.45) is 5.41 Å². The minimum Gasteiger partial charge on any atom is -0.380 e. The van der Waals surface area contributed by atoms with E-state index in [0.29, 0.717) is 5.41 Å². The molecule has 0 amide bonds. The first-order valence-corrected chi connectivity index (χ1v) is 6.86. The second-order valence-electron chi connectivity index (χ2n) is 6.53. The molecule has 2 nitrogen and oxygen atoms in total. The molecular weight excluding hydrogens is 222 g/mol. The molecule has 1 saturated heterocycles. The molecular formula is C16H25NO. The van der Waals surface area contributed by atoms with Crippen LogP contribution in [-0.2, 0) is 11.2 Å². The van der Waals surface area contributed by atoms with E-state index in [-0.39, 0.29) is 5.54 Å². The summed E-state index contributed by atoms with van der Waals surface area (Å²) in [5.41, 5.74) is 1.96. The molecule has 2 heteroatoms. The average Bonchev–Trinajstić information content (AvgIpc) is 2.33. The van der Waals surface area contributed by atoms with Crippen LogP contribution in [0.1, 0.15) is 32.8 Å². The second-order valence-corrected chi connectivity index (χ2v) is 6.53. The molecule has 0 spiro atoms. The molecule has 1 aliphatic rings. The van der Waals surface area contributed by atoms with Gasteiger partial charge in [0.2, 0.25) is 0 Å². The average molecular weight is 247 g/mol. The van der Waals surface area contributed by atoms with Gasteiger partial charge in [0.1, 0.15) is 0 Å². The third-order valence-corrected chi connectivity index (χ3v) is 3.78. The minimum atomic E-state index is 0.189.